The van der Waals surface area contributed by atoms with Crippen LogP contribution in [0.5, 0.6) is 5.75 Å². The maximum Gasteiger partial charge on any atom is 0.226 e. The van der Waals surface area contributed by atoms with Crippen LogP contribution in [0.3, 0.4) is 0 Å². The number of nitrogen functional groups attached to an aromatic ring is 1. The molecule has 1 fully saturated rings. The summed E-state index contributed by atoms with van der Waals surface area (Å²) in [6, 6.07) is 7.73. The highest BCUT2D eigenvalue weighted by molar-refractivity contribution is 5.83. The molecule has 0 radical (unpaired) electrons. The topological polar surface area (TPSA) is 161 Å². The van der Waals surface area contributed by atoms with Gasteiger partial charge in [-0.1, -0.05) is 18.2 Å². The molecule has 4 rings (SSSR count). The van der Waals surface area contributed by atoms with Gasteiger partial charge in [-0.2, -0.15) is 9.97 Å². The summed E-state index contributed by atoms with van der Waals surface area (Å²) in [5, 5.41) is 32.8. The summed E-state index contributed by atoms with van der Waals surface area (Å²) in [6.07, 6.45) is -2.25. The van der Waals surface area contributed by atoms with Gasteiger partial charge in [0.25, 0.3) is 0 Å². The lowest BCUT2D eigenvalue weighted by Crippen LogP contribution is -2.33. The van der Waals surface area contributed by atoms with Gasteiger partial charge in [0.15, 0.2) is 17.7 Å². The predicted octanol–water partition coefficient (Wildman–Crippen LogP) is -0.317. The third kappa shape index (κ3) is 3.63. The number of aromatic nitrogens is 4. The number of nitrogens with one attached hydrogen (secondary N) is 1. The van der Waals surface area contributed by atoms with Gasteiger partial charge in [0.1, 0.15) is 29.6 Å². The van der Waals surface area contributed by atoms with E-state index in [1.54, 1.807) is 7.11 Å². The second-order valence-electron chi connectivity index (χ2n) is 6.97. The summed E-state index contributed by atoms with van der Waals surface area (Å²) >= 11 is 0. The van der Waals surface area contributed by atoms with Gasteiger partial charge in [0, 0.05) is 6.54 Å². The molecule has 0 aliphatic carbocycles. The molecule has 2 aromatic heterocycles. The largest absolute Gasteiger partial charge is 0.496 e. The van der Waals surface area contributed by atoms with E-state index < -0.39 is 31.1 Å². The zero-order valence-electron chi connectivity index (χ0n) is 16.3. The number of para-hydroxylation sites is 1. The van der Waals surface area contributed by atoms with Crippen LogP contribution in [0.4, 0.5) is 11.8 Å². The number of methoxy groups -OCH3 is 1. The van der Waals surface area contributed by atoms with Crippen LogP contribution in [-0.4, -0.2) is 73.4 Å². The number of aliphatic hydroxyl groups is 3. The van der Waals surface area contributed by atoms with Gasteiger partial charge in [-0.15, -0.1) is 0 Å². The summed E-state index contributed by atoms with van der Waals surface area (Å²) in [5.41, 5.74) is 7.77. The fourth-order valence-electron chi connectivity index (χ4n) is 3.53. The molecule has 160 valence electrons. The van der Waals surface area contributed by atoms with Crippen molar-refractivity contribution in [1.29, 1.82) is 0 Å². The van der Waals surface area contributed by atoms with Gasteiger partial charge in [-0.25, -0.2) is 4.98 Å². The average Bonchev–Trinajstić information content (AvgIpc) is 3.30. The van der Waals surface area contributed by atoms with Crippen LogP contribution in [0.15, 0.2) is 30.6 Å². The summed E-state index contributed by atoms with van der Waals surface area (Å²) in [4.78, 5) is 12.9. The molecule has 1 aromatic carbocycles. The highest BCUT2D eigenvalue weighted by atomic mass is 16.6. The number of nitrogens with two attached hydrogens (primary N) is 1. The molecular formula is C19H24N6O5. The number of aliphatic hydroxyl groups excluding tert-OH is 3. The molecule has 0 spiro atoms. The highest BCUT2D eigenvalue weighted by Gasteiger charge is 2.44. The lowest BCUT2D eigenvalue weighted by atomic mass is 10.1. The van der Waals surface area contributed by atoms with Crippen molar-refractivity contribution < 1.29 is 24.8 Å². The van der Waals surface area contributed by atoms with Crippen LogP contribution >= 0.6 is 0 Å². The Morgan fingerprint density at radius 3 is 2.77 bits per heavy atom. The molecule has 1 aliphatic heterocycles. The lowest BCUT2D eigenvalue weighted by molar-refractivity contribution is -0.0511. The van der Waals surface area contributed by atoms with E-state index in [1.165, 1.54) is 10.9 Å². The Labute approximate surface area is 172 Å². The lowest BCUT2D eigenvalue weighted by Gasteiger charge is -2.17. The third-order valence-electron chi connectivity index (χ3n) is 5.11. The summed E-state index contributed by atoms with van der Waals surface area (Å²) in [6.45, 7) is 0.113. The van der Waals surface area contributed by atoms with E-state index in [-0.39, 0.29) is 5.82 Å². The number of imidazole rings is 1. The second kappa shape index (κ2) is 8.40. The predicted molar refractivity (Wildman–Crippen MR) is 108 cm³/mol. The smallest absolute Gasteiger partial charge is 0.226 e. The molecule has 3 heterocycles. The van der Waals surface area contributed by atoms with Crippen LogP contribution in [0, 0.1) is 0 Å². The number of ether oxygens (including phenoxy) is 2. The van der Waals surface area contributed by atoms with Crippen molar-refractivity contribution in [3.8, 4) is 5.75 Å². The van der Waals surface area contributed by atoms with Crippen LogP contribution in [-0.2, 0) is 11.2 Å². The monoisotopic (exact) mass is 416 g/mol. The minimum atomic E-state index is -1.25. The molecule has 4 atom stereocenters. The first-order chi connectivity index (χ1) is 14.5. The van der Waals surface area contributed by atoms with Crippen LogP contribution in [0.25, 0.3) is 11.2 Å². The molecular weight excluding hydrogens is 392 g/mol. The summed E-state index contributed by atoms with van der Waals surface area (Å²) < 4.78 is 12.4. The van der Waals surface area contributed by atoms with E-state index in [0.29, 0.717) is 30.1 Å². The molecule has 0 amide bonds. The van der Waals surface area contributed by atoms with E-state index in [1.807, 2.05) is 24.3 Å². The fraction of sp³-hybridized carbons (Fsp3) is 0.421. The minimum absolute atomic E-state index is 0.172. The van der Waals surface area contributed by atoms with Gasteiger partial charge in [0.05, 0.1) is 20.0 Å². The fourth-order valence-corrected chi connectivity index (χ4v) is 3.53. The number of fused-ring (bicyclic) bond motifs is 1. The SMILES string of the molecule is COc1ccccc1CCNc1nc(N)c2ncn([C@@H]3O[C@H](CO)[C@@H](O)[C@H]3O)c2n1. The second-order valence-corrected chi connectivity index (χ2v) is 6.97. The van der Waals surface area contributed by atoms with Gasteiger partial charge in [0.2, 0.25) is 5.95 Å². The van der Waals surface area contributed by atoms with E-state index in [0.717, 1.165) is 11.3 Å². The number of nitrogens with zero attached hydrogens (tertiary/aromatic N) is 4. The molecule has 6 N–H and O–H groups in total. The molecule has 30 heavy (non-hydrogen) atoms. The number of hydrogen-bond donors (Lipinski definition) is 5. The minimum Gasteiger partial charge on any atom is -0.496 e. The van der Waals surface area contributed by atoms with Gasteiger partial charge in [-0.05, 0) is 18.1 Å². The first-order valence-electron chi connectivity index (χ1n) is 9.51. The quantitative estimate of drug-likeness (QED) is 0.345. The molecule has 1 saturated heterocycles. The van der Waals surface area contributed by atoms with E-state index in [9.17, 15) is 15.3 Å². The molecule has 11 nitrogen and oxygen atoms in total. The Morgan fingerprint density at radius 2 is 2.03 bits per heavy atom. The van der Waals surface area contributed by atoms with Crippen molar-refractivity contribution in [2.45, 2.75) is 31.0 Å². The van der Waals surface area contributed by atoms with Gasteiger partial charge < -0.3 is 35.8 Å². The Morgan fingerprint density at radius 1 is 1.23 bits per heavy atom. The highest BCUT2D eigenvalue weighted by Crippen LogP contribution is 2.32. The van der Waals surface area contributed by atoms with Gasteiger partial charge in [-0.3, -0.25) is 4.57 Å². The van der Waals surface area contributed by atoms with Crippen molar-refractivity contribution in [2.75, 3.05) is 31.3 Å². The van der Waals surface area contributed by atoms with E-state index in [4.69, 9.17) is 15.2 Å². The zero-order chi connectivity index (χ0) is 21.3. The number of anilines is 2. The standard InChI is InChI=1S/C19H24N6O5/c1-29-11-5-3-2-4-10(11)6-7-21-19-23-16(20)13-17(24-19)25(9-22-13)18-15(28)14(27)12(8-26)30-18/h2-5,9,12,14-15,18,26-28H,6-8H2,1H3,(H3,20,21,23,24)/t12-,14-,15-,18-/m1/s1. The van der Waals surface area contributed by atoms with E-state index in [2.05, 4.69) is 20.3 Å². The third-order valence-corrected chi connectivity index (χ3v) is 5.11. The Bertz CT molecular complexity index is 1030. The number of hydrogen-bond acceptors (Lipinski definition) is 10. The summed E-state index contributed by atoms with van der Waals surface area (Å²) in [5.74, 6) is 1.27. The van der Waals surface area contributed by atoms with Crippen molar-refractivity contribution in [3.63, 3.8) is 0 Å². The molecule has 0 bridgehead atoms. The van der Waals surface area contributed by atoms with Crippen molar-refractivity contribution >= 4 is 22.9 Å². The Balaban J connectivity index is 1.55. The molecule has 0 unspecified atom stereocenters. The maximum absolute atomic E-state index is 10.3. The Kier molecular flexibility index (Phi) is 5.68. The van der Waals surface area contributed by atoms with Gasteiger partial charge >= 0.3 is 0 Å². The normalized spacial score (nSPS) is 23.7. The number of benzene rings is 1. The van der Waals surface area contributed by atoms with Crippen LogP contribution in [0.2, 0.25) is 0 Å². The average molecular weight is 416 g/mol. The molecule has 0 saturated carbocycles. The first-order valence-corrected chi connectivity index (χ1v) is 9.51. The molecule has 3 aromatic rings. The molecule has 11 heteroatoms. The van der Waals surface area contributed by atoms with E-state index >= 15 is 0 Å². The Hall–Kier alpha value is -2.99. The molecule has 1 aliphatic rings. The van der Waals surface area contributed by atoms with Crippen molar-refractivity contribution in [2.24, 2.45) is 0 Å². The van der Waals surface area contributed by atoms with Crippen LogP contribution < -0.4 is 15.8 Å². The van der Waals surface area contributed by atoms with Crippen molar-refractivity contribution in [1.82, 2.24) is 19.5 Å². The first kappa shape index (κ1) is 20.3. The maximum atomic E-state index is 10.3. The van der Waals surface area contributed by atoms with Crippen LogP contribution in [0.1, 0.15) is 11.8 Å². The zero-order valence-corrected chi connectivity index (χ0v) is 16.3. The van der Waals surface area contributed by atoms with Crippen molar-refractivity contribution in [3.05, 3.63) is 36.2 Å². The number of rotatable bonds is 7. The summed E-state index contributed by atoms with van der Waals surface area (Å²) in [7, 11) is 1.63.